The van der Waals surface area contributed by atoms with Crippen molar-refractivity contribution in [3.05, 3.63) is 39.8 Å². The number of thiophene rings is 1. The highest BCUT2D eigenvalue weighted by Crippen LogP contribution is 2.31. The van der Waals surface area contributed by atoms with Gasteiger partial charge in [-0.1, -0.05) is 0 Å². The number of anilines is 1. The average Bonchev–Trinajstić information content (AvgIpc) is 3.05. The van der Waals surface area contributed by atoms with Crippen LogP contribution in [-0.2, 0) is 6.54 Å². The first-order valence-electron chi connectivity index (χ1n) is 5.54. The Morgan fingerprint density at radius 1 is 1.42 bits per heavy atom. The van der Waals surface area contributed by atoms with Crippen LogP contribution in [0.15, 0.2) is 29.2 Å². The lowest BCUT2D eigenvalue weighted by Crippen LogP contribution is -2.22. The van der Waals surface area contributed by atoms with Crippen molar-refractivity contribution < 1.29 is 4.79 Å². The highest BCUT2D eigenvalue weighted by Gasteiger charge is 2.16. The van der Waals surface area contributed by atoms with Crippen molar-refractivity contribution in [3.8, 4) is 0 Å². The summed E-state index contributed by atoms with van der Waals surface area (Å²) in [5.41, 5.74) is 9.67. The van der Waals surface area contributed by atoms with Crippen molar-refractivity contribution in [1.29, 1.82) is 0 Å². The van der Waals surface area contributed by atoms with Gasteiger partial charge in [0.15, 0.2) is 0 Å². The van der Waals surface area contributed by atoms with Crippen LogP contribution in [0.4, 0.5) is 5.69 Å². The van der Waals surface area contributed by atoms with E-state index in [1.165, 1.54) is 22.7 Å². The number of hydrogen-bond acceptors (Lipinski definition) is 6. The third-order valence-corrected chi connectivity index (χ3v) is 4.40. The Labute approximate surface area is 117 Å². The van der Waals surface area contributed by atoms with Gasteiger partial charge in [-0.15, -0.1) is 22.7 Å². The van der Waals surface area contributed by atoms with Gasteiger partial charge in [0.25, 0.3) is 5.91 Å². The van der Waals surface area contributed by atoms with Crippen LogP contribution >= 0.6 is 22.7 Å². The number of carbonyl (C=O) groups is 1. The summed E-state index contributed by atoms with van der Waals surface area (Å²) in [5, 5.41) is 4.71. The Kier molecular flexibility index (Phi) is 3.14. The fourth-order valence-electron chi connectivity index (χ4n) is 1.69. The van der Waals surface area contributed by atoms with E-state index in [0.717, 1.165) is 10.4 Å². The topological polar surface area (TPSA) is 80.9 Å². The molecule has 7 heteroatoms. The third kappa shape index (κ3) is 2.29. The molecule has 0 saturated carbocycles. The molecule has 0 atom stereocenters. The molecule has 0 aliphatic carbocycles. The minimum atomic E-state index is -0.187. The molecule has 0 unspecified atom stereocenters. The SMILES string of the molecule is Nc1c(C(=O)NCc2cscn2)sc2cccnc12. The maximum atomic E-state index is 12.1. The molecule has 3 aromatic heterocycles. The lowest BCUT2D eigenvalue weighted by atomic mass is 10.3. The summed E-state index contributed by atoms with van der Waals surface area (Å²) in [5.74, 6) is -0.187. The molecule has 0 spiro atoms. The van der Waals surface area contributed by atoms with Gasteiger partial charge in [-0.2, -0.15) is 0 Å². The lowest BCUT2D eigenvalue weighted by molar-refractivity contribution is 0.0955. The Balaban J connectivity index is 1.83. The van der Waals surface area contributed by atoms with E-state index in [9.17, 15) is 4.79 Å². The number of rotatable bonds is 3. The van der Waals surface area contributed by atoms with Crippen LogP contribution < -0.4 is 11.1 Å². The number of thiazole rings is 1. The van der Waals surface area contributed by atoms with E-state index in [-0.39, 0.29) is 5.91 Å². The summed E-state index contributed by atoms with van der Waals surface area (Å²) in [7, 11) is 0. The summed E-state index contributed by atoms with van der Waals surface area (Å²) < 4.78 is 0.916. The predicted molar refractivity (Wildman–Crippen MR) is 77.3 cm³/mol. The van der Waals surface area contributed by atoms with Crippen molar-refractivity contribution in [2.75, 3.05) is 5.73 Å². The number of pyridine rings is 1. The zero-order valence-electron chi connectivity index (χ0n) is 9.79. The quantitative estimate of drug-likeness (QED) is 0.775. The first kappa shape index (κ1) is 12.1. The van der Waals surface area contributed by atoms with Gasteiger partial charge in [0.1, 0.15) is 10.4 Å². The number of nitrogens with two attached hydrogens (primary N) is 1. The standard InChI is InChI=1S/C12H10N4OS2/c13-9-10-8(2-1-3-14-10)19-11(9)12(17)15-4-7-5-18-6-16-7/h1-3,5-6H,4,13H2,(H,15,17). The number of nitrogen functional groups attached to an aromatic ring is 1. The number of nitrogens with one attached hydrogen (secondary N) is 1. The van der Waals surface area contributed by atoms with Crippen molar-refractivity contribution in [3.63, 3.8) is 0 Å². The molecule has 1 amide bonds. The van der Waals surface area contributed by atoms with Gasteiger partial charge in [-0.05, 0) is 12.1 Å². The highest BCUT2D eigenvalue weighted by molar-refractivity contribution is 7.21. The van der Waals surface area contributed by atoms with Gasteiger partial charge in [-0.25, -0.2) is 4.98 Å². The second kappa shape index (κ2) is 4.94. The summed E-state index contributed by atoms with van der Waals surface area (Å²) in [6.07, 6.45) is 1.67. The Morgan fingerprint density at radius 3 is 3.05 bits per heavy atom. The van der Waals surface area contributed by atoms with E-state index in [0.29, 0.717) is 22.6 Å². The fraction of sp³-hybridized carbons (Fsp3) is 0.0833. The second-order valence-corrected chi connectivity index (χ2v) is 5.63. The van der Waals surface area contributed by atoms with E-state index >= 15 is 0 Å². The fourth-order valence-corrected chi connectivity index (χ4v) is 3.25. The van der Waals surface area contributed by atoms with Gasteiger partial charge in [0.2, 0.25) is 0 Å². The number of hydrogen-bond donors (Lipinski definition) is 2. The first-order chi connectivity index (χ1) is 9.25. The van der Waals surface area contributed by atoms with Gasteiger partial charge >= 0.3 is 0 Å². The van der Waals surface area contributed by atoms with E-state index in [1.54, 1.807) is 11.7 Å². The molecule has 3 aromatic rings. The van der Waals surface area contributed by atoms with Crippen LogP contribution in [0.25, 0.3) is 10.2 Å². The molecule has 0 aromatic carbocycles. The number of amides is 1. The van der Waals surface area contributed by atoms with Crippen molar-refractivity contribution >= 4 is 44.5 Å². The van der Waals surface area contributed by atoms with Crippen molar-refractivity contribution in [2.45, 2.75) is 6.54 Å². The molecule has 0 radical (unpaired) electrons. The lowest BCUT2D eigenvalue weighted by Gasteiger charge is -2.01. The zero-order chi connectivity index (χ0) is 13.2. The molecule has 5 nitrogen and oxygen atoms in total. The summed E-state index contributed by atoms with van der Waals surface area (Å²) in [4.78, 5) is 20.9. The normalized spacial score (nSPS) is 10.7. The Morgan fingerprint density at radius 2 is 2.32 bits per heavy atom. The van der Waals surface area contributed by atoms with E-state index < -0.39 is 0 Å². The van der Waals surface area contributed by atoms with E-state index in [2.05, 4.69) is 15.3 Å². The second-order valence-electron chi connectivity index (χ2n) is 3.86. The molecular formula is C12H10N4OS2. The number of aromatic nitrogens is 2. The molecule has 3 N–H and O–H groups in total. The maximum Gasteiger partial charge on any atom is 0.263 e. The molecule has 3 heterocycles. The summed E-state index contributed by atoms with van der Waals surface area (Å²) in [6.45, 7) is 0.406. The van der Waals surface area contributed by atoms with E-state index in [1.807, 2.05) is 17.5 Å². The van der Waals surface area contributed by atoms with Crippen LogP contribution in [0.5, 0.6) is 0 Å². The van der Waals surface area contributed by atoms with Gasteiger partial charge in [0.05, 0.1) is 28.1 Å². The Bertz CT molecular complexity index is 720. The molecule has 0 aliphatic rings. The molecule has 19 heavy (non-hydrogen) atoms. The number of carbonyl (C=O) groups excluding carboxylic acids is 1. The zero-order valence-corrected chi connectivity index (χ0v) is 11.4. The summed E-state index contributed by atoms with van der Waals surface area (Å²) >= 11 is 2.85. The molecule has 96 valence electrons. The number of fused-ring (bicyclic) bond motifs is 1. The van der Waals surface area contributed by atoms with Crippen molar-refractivity contribution in [2.24, 2.45) is 0 Å². The third-order valence-electron chi connectivity index (χ3n) is 2.60. The van der Waals surface area contributed by atoms with Crippen LogP contribution in [0, 0.1) is 0 Å². The number of nitrogens with zero attached hydrogens (tertiary/aromatic N) is 2. The smallest absolute Gasteiger partial charge is 0.263 e. The van der Waals surface area contributed by atoms with Crippen LogP contribution in [0.2, 0.25) is 0 Å². The van der Waals surface area contributed by atoms with Gasteiger partial charge < -0.3 is 11.1 Å². The molecule has 0 bridgehead atoms. The monoisotopic (exact) mass is 290 g/mol. The van der Waals surface area contributed by atoms with E-state index in [4.69, 9.17) is 5.73 Å². The van der Waals surface area contributed by atoms with Crippen LogP contribution in [0.3, 0.4) is 0 Å². The maximum absolute atomic E-state index is 12.1. The molecule has 0 fully saturated rings. The Hall–Kier alpha value is -1.99. The van der Waals surface area contributed by atoms with Gasteiger partial charge in [0, 0.05) is 11.6 Å². The molecular weight excluding hydrogens is 280 g/mol. The van der Waals surface area contributed by atoms with Crippen LogP contribution in [-0.4, -0.2) is 15.9 Å². The van der Waals surface area contributed by atoms with Gasteiger partial charge in [-0.3, -0.25) is 9.78 Å². The van der Waals surface area contributed by atoms with Crippen LogP contribution in [0.1, 0.15) is 15.4 Å². The first-order valence-corrected chi connectivity index (χ1v) is 7.30. The minimum Gasteiger partial charge on any atom is -0.396 e. The summed E-state index contributed by atoms with van der Waals surface area (Å²) in [6, 6.07) is 3.73. The largest absolute Gasteiger partial charge is 0.396 e. The predicted octanol–water partition coefficient (Wildman–Crippen LogP) is 2.26. The minimum absolute atomic E-state index is 0.187. The average molecular weight is 290 g/mol. The molecule has 3 rings (SSSR count). The molecule has 0 saturated heterocycles. The van der Waals surface area contributed by atoms with Crippen molar-refractivity contribution in [1.82, 2.24) is 15.3 Å². The molecule has 0 aliphatic heterocycles. The highest BCUT2D eigenvalue weighted by atomic mass is 32.1.